The van der Waals surface area contributed by atoms with Crippen LogP contribution in [0, 0.1) is 17.5 Å². The normalized spacial score (nSPS) is 10.8. The van der Waals surface area contributed by atoms with E-state index in [0.717, 1.165) is 29.0 Å². The number of amides is 2. The lowest BCUT2D eigenvalue weighted by atomic mass is 10.1. The monoisotopic (exact) mass is 382 g/mol. The molecule has 4 aromatic rings. The third kappa shape index (κ3) is 3.39. The molecule has 8 heteroatoms. The summed E-state index contributed by atoms with van der Waals surface area (Å²) in [4.78, 5) is 16.5. The number of nitrogens with one attached hydrogen (secondary N) is 2. The molecule has 140 valence electrons. The number of hydrogen-bond donors (Lipinski definition) is 2. The molecule has 2 heterocycles. The van der Waals surface area contributed by atoms with E-state index in [-0.39, 0.29) is 0 Å². The molecular formula is C20H13F3N4O. The maximum absolute atomic E-state index is 13.6. The third-order valence-electron chi connectivity index (χ3n) is 4.09. The maximum atomic E-state index is 13.6. The van der Waals surface area contributed by atoms with Gasteiger partial charge in [-0.3, -0.25) is 0 Å². The number of rotatable bonds is 3. The van der Waals surface area contributed by atoms with Crippen LogP contribution in [0.1, 0.15) is 0 Å². The zero-order valence-corrected chi connectivity index (χ0v) is 14.3. The van der Waals surface area contributed by atoms with E-state index in [2.05, 4.69) is 15.6 Å². The van der Waals surface area contributed by atoms with Crippen LogP contribution in [-0.2, 0) is 0 Å². The summed E-state index contributed by atoms with van der Waals surface area (Å²) in [5, 5.41) is 4.64. The Morgan fingerprint density at radius 2 is 1.68 bits per heavy atom. The minimum absolute atomic E-state index is 0.438. The molecule has 0 aliphatic heterocycles. The summed E-state index contributed by atoms with van der Waals surface area (Å²) in [7, 11) is 0. The van der Waals surface area contributed by atoms with Gasteiger partial charge in [0.05, 0.1) is 11.4 Å². The fourth-order valence-corrected chi connectivity index (χ4v) is 2.71. The van der Waals surface area contributed by atoms with E-state index in [1.54, 1.807) is 24.3 Å². The number of nitrogens with zero attached hydrogens (tertiary/aromatic N) is 2. The molecule has 2 N–H and O–H groups in total. The molecule has 0 atom stereocenters. The summed E-state index contributed by atoms with van der Waals surface area (Å²) in [6.07, 6.45) is 3.78. The van der Waals surface area contributed by atoms with Crippen molar-refractivity contribution in [3.05, 3.63) is 84.4 Å². The fourth-order valence-electron chi connectivity index (χ4n) is 2.71. The first-order valence-electron chi connectivity index (χ1n) is 8.27. The van der Waals surface area contributed by atoms with Gasteiger partial charge < -0.3 is 15.0 Å². The largest absolute Gasteiger partial charge is 0.323 e. The van der Waals surface area contributed by atoms with Crippen molar-refractivity contribution in [1.82, 2.24) is 9.38 Å². The summed E-state index contributed by atoms with van der Waals surface area (Å²) in [6.45, 7) is 0. The van der Waals surface area contributed by atoms with Crippen LogP contribution in [-0.4, -0.2) is 15.4 Å². The van der Waals surface area contributed by atoms with Gasteiger partial charge in [0.15, 0.2) is 17.5 Å². The van der Waals surface area contributed by atoms with Gasteiger partial charge in [-0.05, 0) is 36.4 Å². The number of carbonyl (C=O) groups excluding carboxylic acids is 1. The predicted molar refractivity (Wildman–Crippen MR) is 99.6 cm³/mol. The Hall–Kier alpha value is -3.81. The lowest BCUT2D eigenvalue weighted by molar-refractivity contribution is 0.262. The van der Waals surface area contributed by atoms with Crippen LogP contribution in [0.4, 0.5) is 29.3 Å². The molecule has 0 unspecified atom stereocenters. The van der Waals surface area contributed by atoms with Crippen LogP contribution in [0.5, 0.6) is 0 Å². The molecule has 4 rings (SSSR count). The van der Waals surface area contributed by atoms with Gasteiger partial charge in [0.1, 0.15) is 5.65 Å². The quantitative estimate of drug-likeness (QED) is 0.487. The summed E-state index contributed by atoms with van der Waals surface area (Å²) < 4.78 is 41.7. The highest BCUT2D eigenvalue weighted by Crippen LogP contribution is 2.22. The van der Waals surface area contributed by atoms with E-state index < -0.39 is 29.2 Å². The predicted octanol–water partition coefficient (Wildman–Crippen LogP) is 5.06. The summed E-state index contributed by atoms with van der Waals surface area (Å²) >= 11 is 0. The van der Waals surface area contributed by atoms with Gasteiger partial charge in [0.2, 0.25) is 0 Å². The number of pyridine rings is 1. The van der Waals surface area contributed by atoms with Crippen LogP contribution >= 0.6 is 0 Å². The van der Waals surface area contributed by atoms with E-state index in [4.69, 9.17) is 0 Å². The van der Waals surface area contributed by atoms with Gasteiger partial charge in [-0.25, -0.2) is 22.9 Å². The van der Waals surface area contributed by atoms with Crippen molar-refractivity contribution in [1.29, 1.82) is 0 Å². The first-order valence-corrected chi connectivity index (χ1v) is 8.27. The molecule has 0 bridgehead atoms. The van der Waals surface area contributed by atoms with E-state index in [9.17, 15) is 18.0 Å². The van der Waals surface area contributed by atoms with Crippen molar-refractivity contribution < 1.29 is 18.0 Å². The van der Waals surface area contributed by atoms with Crippen LogP contribution in [0.2, 0.25) is 0 Å². The molecule has 0 saturated carbocycles. The molecular weight excluding hydrogens is 369 g/mol. The second kappa shape index (κ2) is 7.07. The van der Waals surface area contributed by atoms with Gasteiger partial charge in [-0.15, -0.1) is 0 Å². The Labute approximate surface area is 157 Å². The summed E-state index contributed by atoms with van der Waals surface area (Å²) in [5.74, 6) is -4.43. The van der Waals surface area contributed by atoms with Gasteiger partial charge in [-0.2, -0.15) is 0 Å². The Bertz CT molecular complexity index is 1140. The molecule has 0 spiro atoms. The number of benzene rings is 2. The maximum Gasteiger partial charge on any atom is 0.323 e. The van der Waals surface area contributed by atoms with E-state index >= 15 is 0 Å². The van der Waals surface area contributed by atoms with E-state index in [1.165, 1.54) is 0 Å². The number of fused-ring (bicyclic) bond motifs is 1. The van der Waals surface area contributed by atoms with Crippen LogP contribution in [0.25, 0.3) is 16.9 Å². The van der Waals surface area contributed by atoms with Gasteiger partial charge in [0, 0.05) is 23.6 Å². The molecule has 2 amide bonds. The summed E-state index contributed by atoms with van der Waals surface area (Å²) in [5.41, 5.74) is 2.41. The number of anilines is 2. The van der Waals surface area contributed by atoms with Crippen molar-refractivity contribution in [3.63, 3.8) is 0 Å². The first kappa shape index (κ1) is 17.6. The smallest absolute Gasteiger partial charge is 0.308 e. The van der Waals surface area contributed by atoms with E-state index in [0.29, 0.717) is 5.69 Å². The number of imidazole rings is 1. The molecule has 2 aromatic heterocycles. The highest BCUT2D eigenvalue weighted by Gasteiger charge is 2.15. The topological polar surface area (TPSA) is 58.4 Å². The Kier molecular flexibility index (Phi) is 4.44. The highest BCUT2D eigenvalue weighted by atomic mass is 19.2. The average molecular weight is 382 g/mol. The summed E-state index contributed by atoms with van der Waals surface area (Å²) in [6, 6.07) is 13.4. The molecule has 0 radical (unpaired) electrons. The number of carbonyl (C=O) groups is 1. The average Bonchev–Trinajstić information content (AvgIpc) is 3.13. The zero-order valence-electron chi connectivity index (χ0n) is 14.3. The first-order chi connectivity index (χ1) is 13.5. The molecule has 5 nitrogen and oxygen atoms in total. The van der Waals surface area contributed by atoms with Crippen molar-refractivity contribution in [2.75, 3.05) is 10.6 Å². The number of aromatic nitrogens is 2. The van der Waals surface area contributed by atoms with Crippen molar-refractivity contribution in [2.45, 2.75) is 0 Å². The highest BCUT2D eigenvalue weighted by molar-refractivity contribution is 5.99. The second-order valence-corrected chi connectivity index (χ2v) is 5.97. The van der Waals surface area contributed by atoms with Crippen LogP contribution in [0.15, 0.2) is 67.0 Å². The van der Waals surface area contributed by atoms with Crippen molar-refractivity contribution >= 4 is 23.1 Å². The Morgan fingerprint density at radius 3 is 2.43 bits per heavy atom. The minimum Gasteiger partial charge on any atom is -0.308 e. The molecule has 0 fully saturated rings. The standard InChI is InChI=1S/C20H13F3N4O/c21-14-8-9-15(19(23)18(14)22)26-20(28)24-13-6-4-12(5-7-13)16-11-27-10-2-1-3-17(27)25-16/h1-11H,(H2,24,26,28). The minimum atomic E-state index is -1.64. The van der Waals surface area contributed by atoms with Gasteiger partial charge in [0.25, 0.3) is 0 Å². The lowest BCUT2D eigenvalue weighted by Gasteiger charge is -2.09. The zero-order chi connectivity index (χ0) is 19.7. The number of urea groups is 1. The Balaban J connectivity index is 1.47. The third-order valence-corrected chi connectivity index (χ3v) is 4.09. The van der Waals surface area contributed by atoms with Crippen molar-refractivity contribution in [2.24, 2.45) is 0 Å². The van der Waals surface area contributed by atoms with E-state index in [1.807, 2.05) is 35.0 Å². The van der Waals surface area contributed by atoms with Gasteiger partial charge in [-0.1, -0.05) is 18.2 Å². The van der Waals surface area contributed by atoms with Crippen LogP contribution < -0.4 is 10.6 Å². The number of hydrogen-bond acceptors (Lipinski definition) is 2. The second-order valence-electron chi connectivity index (χ2n) is 5.97. The SMILES string of the molecule is O=C(Nc1ccc(-c2cn3ccccc3n2)cc1)Nc1ccc(F)c(F)c1F. The van der Waals surface area contributed by atoms with Gasteiger partial charge >= 0.3 is 6.03 Å². The van der Waals surface area contributed by atoms with Crippen molar-refractivity contribution in [3.8, 4) is 11.3 Å². The molecule has 0 saturated heterocycles. The lowest BCUT2D eigenvalue weighted by Crippen LogP contribution is -2.20. The fraction of sp³-hybridized carbons (Fsp3) is 0. The van der Waals surface area contributed by atoms with Crippen LogP contribution in [0.3, 0.4) is 0 Å². The number of halogens is 3. The molecule has 2 aromatic carbocycles. The molecule has 0 aliphatic carbocycles. The molecule has 0 aliphatic rings. The Morgan fingerprint density at radius 1 is 0.893 bits per heavy atom. The molecule has 28 heavy (non-hydrogen) atoms.